The minimum absolute atomic E-state index is 0.277. The number of halogens is 1. The van der Waals surface area contributed by atoms with Crippen LogP contribution in [0.25, 0.3) is 0 Å². The number of benzene rings is 13. The van der Waals surface area contributed by atoms with E-state index >= 15 is 14.4 Å². The number of carbonyl (C=O) groups excluding carboxylic acids is 10. The highest BCUT2D eigenvalue weighted by Gasteiger charge is 2.56. The van der Waals surface area contributed by atoms with Crippen LogP contribution in [0.3, 0.4) is 0 Å². The Kier molecular flexibility index (Phi) is 30.9. The second kappa shape index (κ2) is 43.9. The predicted octanol–water partition coefficient (Wildman–Crippen LogP) is 10.4. The molecule has 0 radical (unpaired) electrons. The Morgan fingerprint density at radius 3 is 0.860 bits per heavy atom. The number of carbonyl (C=O) groups is 10. The molecule has 0 saturated carbocycles. The number of hydrogen-bond donors (Lipinski definition) is 25. The van der Waals surface area contributed by atoms with E-state index in [9.17, 15) is 161 Å². The molecule has 2 saturated heterocycles. The summed E-state index contributed by atoms with van der Waals surface area (Å²) in [7, 11) is 0. The topological polar surface area (TPSA) is 784 Å². The van der Waals surface area contributed by atoms with Crippen molar-refractivity contribution in [3.05, 3.63) is 283 Å². The van der Waals surface area contributed by atoms with Gasteiger partial charge in [0.05, 0.1) is 61.7 Å². The maximum absolute atomic E-state index is 15.3. The molecule has 2 heterocycles. The summed E-state index contributed by atoms with van der Waals surface area (Å²) in [6.45, 7) is 5.79. The Balaban J connectivity index is 0.000000540. The first-order valence-electron chi connectivity index (χ1n) is 43.2. The van der Waals surface area contributed by atoms with Crippen molar-refractivity contribution in [2.75, 3.05) is 32.8 Å². The van der Waals surface area contributed by atoms with E-state index in [1.54, 1.807) is 0 Å². The molecule has 2 aliphatic rings. The van der Waals surface area contributed by atoms with E-state index in [2.05, 4.69) is 83.5 Å². The maximum atomic E-state index is 15.3. The second-order valence-corrected chi connectivity index (χ2v) is 33.2. The zero-order valence-corrected chi connectivity index (χ0v) is 77.0. The van der Waals surface area contributed by atoms with E-state index in [1.165, 1.54) is 22.3 Å². The third kappa shape index (κ3) is 23.6. The summed E-state index contributed by atoms with van der Waals surface area (Å²) in [5, 5.41) is 262. The standard InChI is InChI=1S/C76H52O46.C25H27ClN2/c77-32-1-22(2-33(78)53(32)92)67(103)113-47-16-27(11-42(87)58(47)97)66(102)112-21-52-63(119-72(108)28-12-43(88)59(98)48(17-28)114-68(104)23-3-34(79)54(93)35(80)4-23)64(120-73(109)29-13-44(89)60(99)49(18-29)115-69(105)24-5-36(81)55(94)37(82)6-24)65(121-74(110)30-14-45(90)61(100)50(19-30)116-70(106)25-7-38(83)56(95)39(84)8-25)76(118-52)122-75(111)31-15-46(91)62(101)51(20-31)117-71(107)26-9-40(85)57(96)41(86)10-26;1-20-6-5-7-21(18-20)19-27-14-16-28(17-15-27)25(22-8-3-2-4-9-22)23-10-12-24(26)13-11-23/h1-20,52,63-65,76-101H,21H2;2-13,18,25H,14-17,19H2,1H3/t52-,63-,64+,65-,76+;/m1./s1. The van der Waals surface area contributed by atoms with Gasteiger partial charge in [-0.2, -0.15) is 0 Å². The molecular formula is C101H79ClN2O46. The lowest BCUT2D eigenvalue weighted by Gasteiger charge is -2.43. The molecule has 49 heteroatoms. The summed E-state index contributed by atoms with van der Waals surface area (Å²) in [4.78, 5) is 148. The van der Waals surface area contributed by atoms with Crippen LogP contribution in [0.1, 0.15) is 132 Å². The number of nitrogens with zero attached hydrogens (tertiary/aromatic N) is 2. The van der Waals surface area contributed by atoms with Crippen LogP contribution >= 0.6 is 11.6 Å². The molecule has 0 aliphatic carbocycles. The maximum Gasteiger partial charge on any atom is 0.343 e. The summed E-state index contributed by atoms with van der Waals surface area (Å²) in [5.41, 5.74) is -4.49. The van der Waals surface area contributed by atoms with Gasteiger partial charge in [-0.15, -0.1) is 0 Å². The minimum Gasteiger partial charge on any atom is -0.504 e. The van der Waals surface area contributed by atoms with Gasteiger partial charge in [0.15, 0.2) is 156 Å². The van der Waals surface area contributed by atoms with Gasteiger partial charge in [0.2, 0.25) is 41.1 Å². The largest absolute Gasteiger partial charge is 0.504 e. The fourth-order valence-electron chi connectivity index (χ4n) is 15.0. The van der Waals surface area contributed by atoms with Crippen LogP contribution in [0.15, 0.2) is 200 Å². The minimum atomic E-state index is -3.12. The first-order valence-corrected chi connectivity index (χ1v) is 43.6. The summed E-state index contributed by atoms with van der Waals surface area (Å²) in [6, 6.07) is 36.8. The lowest BCUT2D eigenvalue weighted by Crippen LogP contribution is -2.63. The Bertz CT molecular complexity index is 7460. The first-order chi connectivity index (χ1) is 71.0. The quantitative estimate of drug-likeness (QED) is 0.0104. The summed E-state index contributed by atoms with van der Waals surface area (Å²) in [6.07, 6.45) is -15.1. The zero-order valence-electron chi connectivity index (χ0n) is 76.3. The SMILES string of the molecule is Cc1cccc(CN2CCN(C(c3ccccc3)c3ccc(Cl)cc3)CC2)c1.O=C(OC[C@H]1O[C@@H](OC(=O)c2cc(O)c(O)c(OC(=O)c3cc(O)c(O)c(O)c3)c2)[C@H](OC(=O)c2cc(O)c(O)c(OC(=O)c3cc(O)c(O)c(O)c3)c2)[C@@H](OC(=O)c2cc(O)c(O)c(OC(=O)c3cc(O)c(O)c(O)c3)c2)[C@@H]1OC(=O)c1cc(O)c(O)c(OC(=O)c2cc(O)c(O)c(O)c2)c1)c1cc(O)c(O)c(OC(=O)c2cc(O)c(O)c(O)c2)c1. The van der Waals surface area contributed by atoms with E-state index in [-0.39, 0.29) is 6.04 Å². The molecule has 0 spiro atoms. The molecule has 2 aliphatic heterocycles. The molecule has 6 atom stereocenters. The fraction of sp³-hybridized carbons (Fsp3) is 0.129. The molecule has 1 unspecified atom stereocenters. The molecule has 150 heavy (non-hydrogen) atoms. The highest BCUT2D eigenvalue weighted by atomic mass is 35.5. The second-order valence-electron chi connectivity index (χ2n) is 32.8. The highest BCUT2D eigenvalue weighted by molar-refractivity contribution is 6.30. The molecule has 2 fully saturated rings. The Labute approximate surface area is 843 Å². The molecule has 15 rings (SSSR count). The van der Waals surface area contributed by atoms with E-state index in [1.807, 2.05) is 12.1 Å². The predicted molar refractivity (Wildman–Crippen MR) is 501 cm³/mol. The molecule has 48 nitrogen and oxygen atoms in total. The van der Waals surface area contributed by atoms with Crippen molar-refractivity contribution in [3.8, 4) is 172 Å². The van der Waals surface area contributed by atoms with Gasteiger partial charge in [-0.3, -0.25) is 9.80 Å². The molecule has 0 bridgehead atoms. The summed E-state index contributed by atoms with van der Waals surface area (Å²) >= 11 is 6.14. The Morgan fingerprint density at radius 2 is 0.553 bits per heavy atom. The van der Waals surface area contributed by atoms with Crippen LogP contribution in [0.2, 0.25) is 5.02 Å². The number of hydrogen-bond acceptors (Lipinski definition) is 48. The third-order valence-corrected chi connectivity index (χ3v) is 22.7. The van der Waals surface area contributed by atoms with Crippen LogP contribution in [0.4, 0.5) is 0 Å². The average Bonchev–Trinajstić information content (AvgIpc) is 0.762. The van der Waals surface area contributed by atoms with Crippen LogP contribution in [-0.4, -0.2) is 261 Å². The van der Waals surface area contributed by atoms with E-state index in [0.29, 0.717) is 121 Å². The van der Waals surface area contributed by atoms with Gasteiger partial charge in [0.1, 0.15) is 12.7 Å². The lowest BCUT2D eigenvalue weighted by molar-refractivity contribution is -0.282. The van der Waals surface area contributed by atoms with Gasteiger partial charge < -0.3 is 180 Å². The van der Waals surface area contributed by atoms with Gasteiger partial charge in [-0.25, -0.2) is 47.9 Å². The van der Waals surface area contributed by atoms with Crippen molar-refractivity contribution in [1.29, 1.82) is 0 Å². The van der Waals surface area contributed by atoms with Crippen molar-refractivity contribution in [1.82, 2.24) is 9.80 Å². The highest BCUT2D eigenvalue weighted by Crippen LogP contribution is 2.49. The van der Waals surface area contributed by atoms with Crippen molar-refractivity contribution in [2.24, 2.45) is 0 Å². The number of esters is 10. The Hall–Kier alpha value is -20.3. The van der Waals surface area contributed by atoms with E-state index in [0.717, 1.165) is 37.7 Å². The van der Waals surface area contributed by atoms with E-state index < -0.39 is 325 Å². The average molecular weight is 2090 g/mol. The summed E-state index contributed by atoms with van der Waals surface area (Å²) < 4.78 is 60.4. The van der Waals surface area contributed by atoms with Gasteiger partial charge in [-0.1, -0.05) is 83.9 Å². The number of ether oxygens (including phenoxy) is 11. The zero-order chi connectivity index (χ0) is 109. The summed E-state index contributed by atoms with van der Waals surface area (Å²) in [5.74, 6) is -56.0. The van der Waals surface area contributed by atoms with Crippen molar-refractivity contribution >= 4 is 71.3 Å². The van der Waals surface area contributed by atoms with Crippen molar-refractivity contribution in [3.63, 3.8) is 0 Å². The molecular weight excluding hydrogens is 2010 g/mol. The normalized spacial score (nSPS) is 15.0. The van der Waals surface area contributed by atoms with Crippen LogP contribution in [-0.2, 0) is 35.0 Å². The van der Waals surface area contributed by atoms with Gasteiger partial charge in [0.25, 0.3) is 0 Å². The molecule has 776 valence electrons. The van der Waals surface area contributed by atoms with Gasteiger partial charge in [0, 0.05) is 37.7 Å². The number of phenols is 25. The number of aryl methyl sites for hydroxylation is 1. The number of piperazine rings is 1. The van der Waals surface area contributed by atoms with Gasteiger partial charge >= 0.3 is 59.7 Å². The Morgan fingerprint density at radius 1 is 0.287 bits per heavy atom. The van der Waals surface area contributed by atoms with Crippen molar-refractivity contribution < 1.29 is 228 Å². The molecule has 13 aromatic rings. The fourth-order valence-corrected chi connectivity index (χ4v) is 15.1. The number of aromatic hydroxyl groups is 25. The molecule has 0 aromatic heterocycles. The van der Waals surface area contributed by atoms with Crippen molar-refractivity contribution in [2.45, 2.75) is 50.2 Å². The molecule has 0 amide bonds. The first kappa shape index (κ1) is 106. The lowest BCUT2D eigenvalue weighted by atomic mass is 9.96. The smallest absolute Gasteiger partial charge is 0.343 e. The van der Waals surface area contributed by atoms with E-state index in [4.69, 9.17) is 63.7 Å². The number of phenolic OH excluding ortho intramolecular Hbond substituents is 25. The molecule has 25 N–H and O–H groups in total. The molecule has 13 aromatic carbocycles. The van der Waals surface area contributed by atoms with Crippen LogP contribution in [0.5, 0.6) is 172 Å². The monoisotopic (exact) mass is 2090 g/mol. The number of rotatable bonds is 26. The third-order valence-electron chi connectivity index (χ3n) is 22.5. The van der Waals surface area contributed by atoms with Crippen LogP contribution < -0.4 is 23.7 Å². The van der Waals surface area contributed by atoms with Crippen LogP contribution in [0, 0.1) is 6.92 Å². The van der Waals surface area contributed by atoms with Gasteiger partial charge in [-0.05, 0) is 157 Å².